The van der Waals surface area contributed by atoms with Crippen molar-refractivity contribution in [3.8, 4) is 11.4 Å². The minimum atomic E-state index is -0.629. The molecule has 0 aliphatic rings. The minimum absolute atomic E-state index is 0.252. The van der Waals surface area contributed by atoms with Crippen LogP contribution < -0.4 is 10.9 Å². The highest BCUT2D eigenvalue weighted by molar-refractivity contribution is 9.10. The Hall–Kier alpha value is -2.45. The predicted molar refractivity (Wildman–Crippen MR) is 101 cm³/mol. The molecule has 2 N–H and O–H groups in total. The Morgan fingerprint density at radius 1 is 1.08 bits per heavy atom. The highest BCUT2D eigenvalue weighted by Crippen LogP contribution is 2.23. The van der Waals surface area contributed by atoms with Gasteiger partial charge in [0.25, 0.3) is 11.5 Å². The van der Waals surface area contributed by atoms with Gasteiger partial charge in [0, 0.05) is 15.0 Å². The number of aromatic hydroxyl groups is 1. The molecule has 0 saturated heterocycles. The number of hydrogen-bond acceptors (Lipinski definition) is 4. The van der Waals surface area contributed by atoms with Crippen molar-refractivity contribution in [3.05, 3.63) is 79.6 Å². The van der Waals surface area contributed by atoms with E-state index in [9.17, 15) is 14.7 Å². The van der Waals surface area contributed by atoms with Crippen LogP contribution in [0.25, 0.3) is 5.69 Å². The van der Waals surface area contributed by atoms with Crippen LogP contribution in [0.4, 0.5) is 5.69 Å². The molecule has 126 valence electrons. The second-order valence-electron chi connectivity index (χ2n) is 5.04. The largest absolute Gasteiger partial charge is 0.505 e. The second-order valence-corrected chi connectivity index (χ2v) is 6.81. The fraction of sp³-hybridized carbons (Fsp3) is 0. The molecular weight excluding hydrogens is 454 g/mol. The van der Waals surface area contributed by atoms with Crippen molar-refractivity contribution in [1.82, 2.24) is 9.78 Å². The van der Waals surface area contributed by atoms with Crippen LogP contribution in [-0.2, 0) is 0 Å². The van der Waals surface area contributed by atoms with Gasteiger partial charge in [-0.2, -0.15) is 9.78 Å². The molecule has 0 unspecified atom stereocenters. The Morgan fingerprint density at radius 2 is 1.76 bits per heavy atom. The molecule has 0 bridgehead atoms. The average Bonchev–Trinajstić information content (AvgIpc) is 2.58. The number of para-hydroxylation sites is 1. The molecule has 0 saturated carbocycles. The highest BCUT2D eigenvalue weighted by atomic mass is 79.9. The van der Waals surface area contributed by atoms with E-state index in [0.717, 1.165) is 15.2 Å². The topological polar surface area (TPSA) is 84.2 Å². The molecule has 25 heavy (non-hydrogen) atoms. The fourth-order valence-electron chi connectivity index (χ4n) is 2.12. The first-order valence-corrected chi connectivity index (χ1v) is 8.69. The lowest BCUT2D eigenvalue weighted by atomic mass is 10.3. The maximum atomic E-state index is 12.5. The zero-order valence-electron chi connectivity index (χ0n) is 12.6. The number of nitrogens with zero attached hydrogens (tertiary/aromatic N) is 2. The van der Waals surface area contributed by atoms with E-state index in [-0.39, 0.29) is 5.69 Å². The number of rotatable bonds is 3. The van der Waals surface area contributed by atoms with Gasteiger partial charge in [0.1, 0.15) is 0 Å². The van der Waals surface area contributed by atoms with E-state index < -0.39 is 17.2 Å². The third kappa shape index (κ3) is 3.80. The van der Waals surface area contributed by atoms with Gasteiger partial charge in [0.2, 0.25) is 0 Å². The van der Waals surface area contributed by atoms with Crippen LogP contribution in [-0.4, -0.2) is 20.8 Å². The van der Waals surface area contributed by atoms with Gasteiger partial charge >= 0.3 is 0 Å². The molecule has 0 radical (unpaired) electrons. The number of aromatic nitrogens is 2. The summed E-state index contributed by atoms with van der Waals surface area (Å²) in [6.07, 6.45) is 0. The van der Waals surface area contributed by atoms with Crippen molar-refractivity contribution in [3.63, 3.8) is 0 Å². The summed E-state index contributed by atoms with van der Waals surface area (Å²) in [4.78, 5) is 24.6. The lowest BCUT2D eigenvalue weighted by Gasteiger charge is -2.10. The Labute approximate surface area is 159 Å². The molecule has 3 rings (SSSR count). The molecule has 0 fully saturated rings. The number of hydrogen-bond donors (Lipinski definition) is 2. The molecular formula is C17H11Br2N3O3. The highest BCUT2D eigenvalue weighted by Gasteiger charge is 2.17. The van der Waals surface area contributed by atoms with Gasteiger partial charge in [0.15, 0.2) is 11.4 Å². The standard InChI is InChI=1S/C17H11Br2N3O3/c18-10-5-7-11(8-6-10)22-15(24)9-14(23)16(21-22)17(25)20-13-4-2-1-3-12(13)19/h1-9,23H,(H,20,25). The summed E-state index contributed by atoms with van der Waals surface area (Å²) in [7, 11) is 0. The van der Waals surface area contributed by atoms with Gasteiger partial charge in [0.05, 0.1) is 11.4 Å². The first-order valence-electron chi connectivity index (χ1n) is 7.11. The lowest BCUT2D eigenvalue weighted by Crippen LogP contribution is -2.25. The van der Waals surface area contributed by atoms with E-state index in [2.05, 4.69) is 42.3 Å². The molecule has 1 heterocycles. The van der Waals surface area contributed by atoms with E-state index in [0.29, 0.717) is 15.8 Å². The number of anilines is 1. The number of benzene rings is 2. The van der Waals surface area contributed by atoms with Crippen LogP contribution in [0.2, 0.25) is 0 Å². The Kier molecular flexibility index (Phi) is 5.00. The summed E-state index contributed by atoms with van der Waals surface area (Å²) >= 11 is 6.64. The molecule has 0 atom stereocenters. The second kappa shape index (κ2) is 7.20. The molecule has 0 aliphatic heterocycles. The molecule has 6 nitrogen and oxygen atoms in total. The van der Waals surface area contributed by atoms with Crippen LogP contribution in [0.5, 0.6) is 5.75 Å². The quantitative estimate of drug-likeness (QED) is 0.618. The SMILES string of the molecule is O=C(Nc1ccccc1Br)c1nn(-c2ccc(Br)cc2)c(=O)cc1O. The first kappa shape index (κ1) is 17.4. The average molecular weight is 465 g/mol. The molecule has 3 aromatic rings. The fourth-order valence-corrected chi connectivity index (χ4v) is 2.77. The maximum absolute atomic E-state index is 12.5. The first-order chi connectivity index (χ1) is 12.0. The number of amides is 1. The summed E-state index contributed by atoms with van der Waals surface area (Å²) in [5, 5.41) is 16.6. The molecule has 8 heteroatoms. The van der Waals surface area contributed by atoms with Crippen LogP contribution in [0.3, 0.4) is 0 Å². The van der Waals surface area contributed by atoms with E-state index in [1.165, 1.54) is 0 Å². The number of carbonyl (C=O) groups is 1. The third-order valence-electron chi connectivity index (χ3n) is 3.32. The Morgan fingerprint density at radius 3 is 2.44 bits per heavy atom. The predicted octanol–water partition coefficient (Wildman–Crippen LogP) is 3.72. The Balaban J connectivity index is 2.00. The zero-order valence-corrected chi connectivity index (χ0v) is 15.8. The van der Waals surface area contributed by atoms with Crippen LogP contribution in [0, 0.1) is 0 Å². The van der Waals surface area contributed by atoms with Crippen molar-refractivity contribution in [1.29, 1.82) is 0 Å². The van der Waals surface area contributed by atoms with Gasteiger partial charge in [-0.15, -0.1) is 0 Å². The summed E-state index contributed by atoms with van der Waals surface area (Å²) in [6, 6.07) is 14.8. The van der Waals surface area contributed by atoms with E-state index in [4.69, 9.17) is 0 Å². The van der Waals surface area contributed by atoms with E-state index in [1.807, 2.05) is 6.07 Å². The van der Waals surface area contributed by atoms with Gasteiger partial charge in [-0.25, -0.2) is 0 Å². The van der Waals surface area contributed by atoms with Gasteiger partial charge in [-0.1, -0.05) is 28.1 Å². The molecule has 1 amide bonds. The normalized spacial score (nSPS) is 10.5. The van der Waals surface area contributed by atoms with E-state index >= 15 is 0 Å². The van der Waals surface area contributed by atoms with Crippen molar-refractivity contribution < 1.29 is 9.90 Å². The summed E-state index contributed by atoms with van der Waals surface area (Å²) < 4.78 is 2.58. The van der Waals surface area contributed by atoms with Crippen molar-refractivity contribution >= 4 is 43.5 Å². The molecule has 0 aliphatic carbocycles. The minimum Gasteiger partial charge on any atom is -0.505 e. The maximum Gasteiger partial charge on any atom is 0.280 e. The lowest BCUT2D eigenvalue weighted by molar-refractivity contribution is 0.101. The molecule has 1 aromatic heterocycles. The Bertz CT molecular complexity index is 1000. The van der Waals surface area contributed by atoms with Crippen molar-refractivity contribution in [2.75, 3.05) is 5.32 Å². The third-order valence-corrected chi connectivity index (χ3v) is 4.54. The van der Waals surface area contributed by atoms with E-state index in [1.54, 1.807) is 42.5 Å². The number of halogens is 2. The van der Waals surface area contributed by atoms with Crippen LogP contribution in [0.15, 0.2) is 68.3 Å². The zero-order chi connectivity index (χ0) is 18.0. The number of carbonyl (C=O) groups excluding carboxylic acids is 1. The van der Waals surface area contributed by atoms with Gasteiger partial charge in [-0.3, -0.25) is 9.59 Å². The van der Waals surface area contributed by atoms with Gasteiger partial charge < -0.3 is 10.4 Å². The van der Waals surface area contributed by atoms with Crippen molar-refractivity contribution in [2.45, 2.75) is 0 Å². The van der Waals surface area contributed by atoms with Crippen molar-refractivity contribution in [2.24, 2.45) is 0 Å². The molecule has 2 aromatic carbocycles. The monoisotopic (exact) mass is 463 g/mol. The van der Waals surface area contributed by atoms with Crippen LogP contribution in [0.1, 0.15) is 10.5 Å². The smallest absolute Gasteiger partial charge is 0.280 e. The molecule has 0 spiro atoms. The summed E-state index contributed by atoms with van der Waals surface area (Å²) in [6.45, 7) is 0. The summed E-state index contributed by atoms with van der Waals surface area (Å²) in [5.41, 5.74) is 0.203. The summed E-state index contributed by atoms with van der Waals surface area (Å²) in [5.74, 6) is -1.11. The van der Waals surface area contributed by atoms with Crippen LogP contribution >= 0.6 is 31.9 Å². The number of nitrogens with one attached hydrogen (secondary N) is 1. The van der Waals surface area contributed by atoms with Gasteiger partial charge in [-0.05, 0) is 52.3 Å².